The third-order valence-corrected chi connectivity index (χ3v) is 4.08. The van der Waals surface area contributed by atoms with Crippen LogP contribution >= 0.6 is 0 Å². The molecule has 0 aromatic heterocycles. The molecule has 1 nitrogen and oxygen atoms in total. The van der Waals surface area contributed by atoms with Crippen molar-refractivity contribution in [3.8, 4) is 0 Å². The first-order valence-electron chi connectivity index (χ1n) is 5.38. The highest BCUT2D eigenvalue weighted by atomic mass is 16.1. The minimum atomic E-state index is -0.172. The molecule has 1 unspecified atom stereocenters. The van der Waals surface area contributed by atoms with Gasteiger partial charge < -0.3 is 0 Å². The van der Waals surface area contributed by atoms with E-state index in [2.05, 4.69) is 13.5 Å². The maximum absolute atomic E-state index is 11.8. The monoisotopic (exact) mass is 178 g/mol. The molecule has 0 saturated heterocycles. The Morgan fingerprint density at radius 2 is 2.08 bits per heavy atom. The van der Waals surface area contributed by atoms with Gasteiger partial charge in [0.2, 0.25) is 0 Å². The van der Waals surface area contributed by atoms with Crippen LogP contribution in [0.1, 0.15) is 39.0 Å². The fourth-order valence-corrected chi connectivity index (χ4v) is 3.08. The largest absolute Gasteiger partial charge is 0.298 e. The van der Waals surface area contributed by atoms with Crippen LogP contribution in [0.3, 0.4) is 0 Å². The summed E-state index contributed by atoms with van der Waals surface area (Å²) in [5.74, 6) is 1.44. The Morgan fingerprint density at radius 3 is 2.77 bits per heavy atom. The molecule has 2 fully saturated rings. The van der Waals surface area contributed by atoms with Crippen molar-refractivity contribution in [2.24, 2.45) is 17.3 Å². The summed E-state index contributed by atoms with van der Waals surface area (Å²) in [7, 11) is 0. The number of fused-ring (bicyclic) bond motifs is 1. The van der Waals surface area contributed by atoms with Crippen molar-refractivity contribution >= 4 is 5.78 Å². The van der Waals surface area contributed by atoms with Crippen LogP contribution in [0.2, 0.25) is 0 Å². The first kappa shape index (κ1) is 8.98. The second-order valence-corrected chi connectivity index (χ2v) is 4.70. The smallest absolute Gasteiger partial charge is 0.146 e. The average molecular weight is 178 g/mol. The average Bonchev–Trinajstić information content (AvgIpc) is 2.39. The molecule has 0 N–H and O–H groups in total. The topological polar surface area (TPSA) is 17.1 Å². The molecule has 0 heterocycles. The molecule has 0 amide bonds. The SMILES string of the molecule is C=CC1(C)C(=O)[C@H]2CCCCC[C@H]21. The van der Waals surface area contributed by atoms with E-state index in [-0.39, 0.29) is 5.41 Å². The van der Waals surface area contributed by atoms with E-state index in [0.717, 1.165) is 6.42 Å². The molecule has 72 valence electrons. The fourth-order valence-electron chi connectivity index (χ4n) is 3.08. The van der Waals surface area contributed by atoms with Crippen molar-refractivity contribution in [1.29, 1.82) is 0 Å². The molecule has 0 aromatic rings. The second-order valence-electron chi connectivity index (χ2n) is 4.70. The Bertz CT molecular complexity index is 244. The number of hydrogen-bond donors (Lipinski definition) is 0. The Kier molecular flexibility index (Phi) is 2.05. The number of allylic oxidation sites excluding steroid dienone is 1. The molecule has 2 aliphatic carbocycles. The van der Waals surface area contributed by atoms with Crippen LogP contribution in [0, 0.1) is 17.3 Å². The van der Waals surface area contributed by atoms with E-state index in [0.29, 0.717) is 17.6 Å². The minimum Gasteiger partial charge on any atom is -0.298 e. The van der Waals surface area contributed by atoms with Crippen LogP contribution in [-0.2, 0) is 4.79 Å². The van der Waals surface area contributed by atoms with E-state index in [9.17, 15) is 4.79 Å². The molecular formula is C12H18O. The van der Waals surface area contributed by atoms with Crippen molar-refractivity contribution in [3.63, 3.8) is 0 Å². The van der Waals surface area contributed by atoms with Crippen molar-refractivity contribution in [2.75, 3.05) is 0 Å². The zero-order chi connectivity index (χ0) is 9.47. The van der Waals surface area contributed by atoms with Gasteiger partial charge in [-0.25, -0.2) is 0 Å². The number of Topliss-reactive ketones (excluding diaryl/α,β-unsaturated/α-hetero) is 1. The van der Waals surface area contributed by atoms with E-state index in [1.54, 1.807) is 0 Å². The summed E-state index contributed by atoms with van der Waals surface area (Å²) in [6.45, 7) is 5.87. The molecule has 3 atom stereocenters. The minimum absolute atomic E-state index is 0.172. The lowest BCUT2D eigenvalue weighted by atomic mass is 9.52. The van der Waals surface area contributed by atoms with Crippen molar-refractivity contribution in [2.45, 2.75) is 39.0 Å². The maximum atomic E-state index is 11.8. The normalized spacial score (nSPS) is 44.5. The molecule has 0 spiro atoms. The van der Waals surface area contributed by atoms with Gasteiger partial charge in [0.25, 0.3) is 0 Å². The molecule has 13 heavy (non-hydrogen) atoms. The lowest BCUT2D eigenvalue weighted by Crippen LogP contribution is -2.54. The van der Waals surface area contributed by atoms with Gasteiger partial charge in [-0.05, 0) is 25.7 Å². The Hall–Kier alpha value is -0.590. The quantitative estimate of drug-likeness (QED) is 0.564. The van der Waals surface area contributed by atoms with Crippen LogP contribution in [-0.4, -0.2) is 5.78 Å². The van der Waals surface area contributed by atoms with Crippen molar-refractivity contribution < 1.29 is 4.79 Å². The van der Waals surface area contributed by atoms with Gasteiger partial charge in [-0.2, -0.15) is 0 Å². The Labute approximate surface area is 80.2 Å². The van der Waals surface area contributed by atoms with E-state index >= 15 is 0 Å². The summed E-state index contributed by atoms with van der Waals surface area (Å²) in [6, 6.07) is 0. The number of carbonyl (C=O) groups is 1. The van der Waals surface area contributed by atoms with Crippen LogP contribution in [0.5, 0.6) is 0 Å². The van der Waals surface area contributed by atoms with Gasteiger partial charge in [-0.15, -0.1) is 6.58 Å². The second kappa shape index (κ2) is 2.97. The van der Waals surface area contributed by atoms with Crippen molar-refractivity contribution in [1.82, 2.24) is 0 Å². The summed E-state index contributed by atoms with van der Waals surface area (Å²) < 4.78 is 0. The molecule has 2 saturated carbocycles. The van der Waals surface area contributed by atoms with Gasteiger partial charge in [0.1, 0.15) is 5.78 Å². The lowest BCUT2D eigenvalue weighted by molar-refractivity contribution is -0.150. The molecule has 0 aliphatic heterocycles. The van der Waals surface area contributed by atoms with Gasteiger partial charge in [0.15, 0.2) is 0 Å². The molecule has 2 aliphatic rings. The van der Waals surface area contributed by atoms with Crippen molar-refractivity contribution in [3.05, 3.63) is 12.7 Å². The third kappa shape index (κ3) is 1.09. The maximum Gasteiger partial charge on any atom is 0.146 e. The first-order valence-corrected chi connectivity index (χ1v) is 5.38. The molecule has 0 bridgehead atoms. The predicted octanol–water partition coefficient (Wildman–Crippen LogP) is 2.96. The third-order valence-electron chi connectivity index (χ3n) is 4.08. The Morgan fingerprint density at radius 1 is 1.38 bits per heavy atom. The van der Waals surface area contributed by atoms with Crippen LogP contribution in [0.4, 0.5) is 0 Å². The Balaban J connectivity index is 2.19. The van der Waals surface area contributed by atoms with Gasteiger partial charge in [0.05, 0.1) is 0 Å². The van der Waals surface area contributed by atoms with E-state index in [1.807, 2.05) is 6.08 Å². The predicted molar refractivity (Wildman–Crippen MR) is 53.4 cm³/mol. The summed E-state index contributed by atoms with van der Waals surface area (Å²) >= 11 is 0. The number of hydrogen-bond acceptors (Lipinski definition) is 1. The van der Waals surface area contributed by atoms with E-state index in [4.69, 9.17) is 0 Å². The fraction of sp³-hybridized carbons (Fsp3) is 0.750. The van der Waals surface area contributed by atoms with Crippen LogP contribution in [0.25, 0.3) is 0 Å². The zero-order valence-corrected chi connectivity index (χ0v) is 8.38. The zero-order valence-electron chi connectivity index (χ0n) is 8.38. The standard InChI is InChI=1S/C12H18O/c1-3-12(2)10-8-6-4-5-7-9(10)11(12)13/h3,9-10H,1,4-8H2,2H3/t9-,10+,12?/m0/s1. The molecule has 0 aromatic carbocycles. The summed E-state index contributed by atoms with van der Waals surface area (Å²) in [6.07, 6.45) is 8.11. The molecule has 1 heteroatoms. The number of rotatable bonds is 1. The highest BCUT2D eigenvalue weighted by molar-refractivity contribution is 5.95. The van der Waals surface area contributed by atoms with Crippen LogP contribution < -0.4 is 0 Å². The number of ketones is 1. The van der Waals surface area contributed by atoms with Crippen LogP contribution in [0.15, 0.2) is 12.7 Å². The van der Waals surface area contributed by atoms with Gasteiger partial charge in [0, 0.05) is 11.3 Å². The molecular weight excluding hydrogens is 160 g/mol. The van der Waals surface area contributed by atoms with E-state index < -0.39 is 0 Å². The lowest BCUT2D eigenvalue weighted by Gasteiger charge is -2.49. The van der Waals surface area contributed by atoms with Gasteiger partial charge >= 0.3 is 0 Å². The van der Waals surface area contributed by atoms with Gasteiger partial charge in [-0.1, -0.05) is 25.3 Å². The molecule has 0 radical (unpaired) electrons. The summed E-state index contributed by atoms with van der Waals surface area (Å²) in [5, 5.41) is 0. The highest BCUT2D eigenvalue weighted by Crippen LogP contribution is 2.54. The summed E-state index contributed by atoms with van der Waals surface area (Å²) in [4.78, 5) is 11.8. The molecule has 2 rings (SSSR count). The van der Waals surface area contributed by atoms with E-state index in [1.165, 1.54) is 25.7 Å². The number of carbonyl (C=O) groups excluding carboxylic acids is 1. The summed E-state index contributed by atoms with van der Waals surface area (Å²) in [5.41, 5.74) is -0.172. The first-order chi connectivity index (χ1) is 6.20. The van der Waals surface area contributed by atoms with Gasteiger partial charge in [-0.3, -0.25) is 4.79 Å². The highest BCUT2D eigenvalue weighted by Gasteiger charge is 2.56.